The van der Waals surface area contributed by atoms with E-state index in [2.05, 4.69) is 10.6 Å². The largest absolute Gasteiger partial charge is 0.495 e. The second-order valence-electron chi connectivity index (χ2n) is 6.11. The number of hydrogen-bond acceptors (Lipinski definition) is 4. The number of nitrogens with one attached hydrogen (secondary N) is 2. The summed E-state index contributed by atoms with van der Waals surface area (Å²) in [5.41, 5.74) is 2.19. The Hall–Kier alpha value is -3.18. The summed E-state index contributed by atoms with van der Waals surface area (Å²) in [4.78, 5) is 12.4. The van der Waals surface area contributed by atoms with Crippen LogP contribution in [0.5, 0.6) is 17.2 Å². The van der Waals surface area contributed by atoms with Crippen LogP contribution in [-0.4, -0.2) is 19.6 Å². The average molecular weight is 397 g/mol. The summed E-state index contributed by atoms with van der Waals surface area (Å²) in [5.74, 6) is 1.64. The molecule has 1 amide bonds. The molecule has 0 aliphatic heterocycles. The number of benzene rings is 3. The number of carbonyl (C=O) groups excluding carboxylic acids is 1. The molecule has 0 atom stereocenters. The maximum absolute atomic E-state index is 12.4. The summed E-state index contributed by atoms with van der Waals surface area (Å²) in [5, 5.41) is 6.57. The third kappa shape index (κ3) is 4.96. The van der Waals surface area contributed by atoms with Gasteiger partial charge in [0.1, 0.15) is 11.5 Å². The number of rotatable bonds is 7. The number of anilines is 2. The molecule has 2 N–H and O–H groups in total. The molecule has 0 aliphatic rings. The Kier molecular flexibility index (Phi) is 6.40. The molecule has 0 aliphatic carbocycles. The number of ether oxygens (including phenoxy) is 2. The van der Waals surface area contributed by atoms with Gasteiger partial charge in [0, 0.05) is 11.1 Å². The van der Waals surface area contributed by atoms with Gasteiger partial charge in [-0.1, -0.05) is 41.9 Å². The van der Waals surface area contributed by atoms with E-state index in [0.29, 0.717) is 33.6 Å². The van der Waals surface area contributed by atoms with Crippen molar-refractivity contribution in [2.75, 3.05) is 24.3 Å². The van der Waals surface area contributed by atoms with Crippen LogP contribution < -0.4 is 20.1 Å². The number of carbonyl (C=O) groups is 1. The molecule has 6 heteroatoms. The lowest BCUT2D eigenvalue weighted by Crippen LogP contribution is -2.22. The first-order valence-corrected chi connectivity index (χ1v) is 9.14. The Bertz CT molecular complexity index is 961. The van der Waals surface area contributed by atoms with Gasteiger partial charge in [-0.05, 0) is 42.8 Å². The van der Waals surface area contributed by atoms with Crippen molar-refractivity contribution in [3.05, 3.63) is 77.3 Å². The van der Waals surface area contributed by atoms with E-state index >= 15 is 0 Å². The van der Waals surface area contributed by atoms with Gasteiger partial charge in [0.25, 0.3) is 0 Å². The molecule has 0 saturated carbocycles. The van der Waals surface area contributed by atoms with Gasteiger partial charge in [0.2, 0.25) is 5.91 Å². The number of methoxy groups -OCH3 is 1. The summed E-state index contributed by atoms with van der Waals surface area (Å²) < 4.78 is 11.2. The standard InChI is InChI=1S/C22H21ClN2O3/c1-15-12-19(21(27-2)13-17(15)23)24-14-22(26)25-18-10-6-7-11-20(18)28-16-8-4-3-5-9-16/h3-13,24H,14H2,1-2H3,(H,25,26). The Morgan fingerprint density at radius 2 is 1.68 bits per heavy atom. The Labute approximate surface area is 169 Å². The van der Waals surface area contributed by atoms with Crippen molar-refractivity contribution in [1.29, 1.82) is 0 Å². The van der Waals surface area contributed by atoms with Gasteiger partial charge in [-0.3, -0.25) is 4.79 Å². The SMILES string of the molecule is COc1cc(Cl)c(C)cc1NCC(=O)Nc1ccccc1Oc1ccccc1. The van der Waals surface area contributed by atoms with Gasteiger partial charge in [-0.15, -0.1) is 0 Å². The van der Waals surface area contributed by atoms with Gasteiger partial charge in [0.15, 0.2) is 5.75 Å². The minimum atomic E-state index is -0.209. The number of halogens is 1. The molecule has 0 unspecified atom stereocenters. The Balaban J connectivity index is 1.67. The summed E-state index contributed by atoms with van der Waals surface area (Å²) in [6.07, 6.45) is 0. The molecule has 144 valence electrons. The molecule has 0 heterocycles. The van der Waals surface area contributed by atoms with Crippen LogP contribution >= 0.6 is 11.6 Å². The smallest absolute Gasteiger partial charge is 0.243 e. The average Bonchev–Trinajstić information content (AvgIpc) is 2.71. The number of aryl methyl sites for hydroxylation is 1. The first kappa shape index (κ1) is 19.6. The van der Waals surface area contributed by atoms with E-state index in [1.165, 1.54) is 0 Å². The normalized spacial score (nSPS) is 10.2. The highest BCUT2D eigenvalue weighted by Crippen LogP contribution is 2.31. The molecule has 3 aromatic rings. The fourth-order valence-corrected chi connectivity index (χ4v) is 2.77. The zero-order valence-corrected chi connectivity index (χ0v) is 16.4. The van der Waals surface area contributed by atoms with E-state index in [-0.39, 0.29) is 12.5 Å². The van der Waals surface area contributed by atoms with Crippen LogP contribution in [0, 0.1) is 6.92 Å². The molecule has 0 fully saturated rings. The van der Waals surface area contributed by atoms with Crippen molar-refractivity contribution in [2.24, 2.45) is 0 Å². The molecule has 0 radical (unpaired) electrons. The third-order valence-corrected chi connectivity index (χ3v) is 4.46. The van der Waals surface area contributed by atoms with Crippen molar-refractivity contribution in [1.82, 2.24) is 0 Å². The van der Waals surface area contributed by atoms with Gasteiger partial charge in [-0.2, -0.15) is 0 Å². The molecule has 0 spiro atoms. The lowest BCUT2D eigenvalue weighted by molar-refractivity contribution is -0.114. The first-order chi connectivity index (χ1) is 13.6. The molecule has 3 aromatic carbocycles. The predicted molar refractivity (Wildman–Crippen MR) is 113 cm³/mol. The molecular formula is C22H21ClN2O3. The second-order valence-corrected chi connectivity index (χ2v) is 6.52. The number of amides is 1. The number of hydrogen-bond donors (Lipinski definition) is 2. The lowest BCUT2D eigenvalue weighted by atomic mass is 10.2. The van der Waals surface area contributed by atoms with Crippen molar-refractivity contribution in [3.63, 3.8) is 0 Å². The highest BCUT2D eigenvalue weighted by atomic mass is 35.5. The molecule has 0 aromatic heterocycles. The monoisotopic (exact) mass is 396 g/mol. The third-order valence-electron chi connectivity index (χ3n) is 4.05. The topological polar surface area (TPSA) is 59.6 Å². The lowest BCUT2D eigenvalue weighted by Gasteiger charge is -2.14. The zero-order valence-electron chi connectivity index (χ0n) is 15.7. The van der Waals surface area contributed by atoms with Crippen LogP contribution in [0.3, 0.4) is 0 Å². The van der Waals surface area contributed by atoms with Crippen LogP contribution in [0.25, 0.3) is 0 Å². The van der Waals surface area contributed by atoms with Gasteiger partial charge < -0.3 is 20.1 Å². The van der Waals surface area contributed by atoms with Gasteiger partial charge in [0.05, 0.1) is 25.0 Å². The van der Waals surface area contributed by atoms with Crippen LogP contribution in [0.4, 0.5) is 11.4 Å². The minimum Gasteiger partial charge on any atom is -0.495 e. The van der Waals surface area contributed by atoms with Crippen molar-refractivity contribution in [2.45, 2.75) is 6.92 Å². The molecular weight excluding hydrogens is 376 g/mol. The van der Waals surface area contributed by atoms with Gasteiger partial charge in [-0.25, -0.2) is 0 Å². The van der Waals surface area contributed by atoms with E-state index in [4.69, 9.17) is 21.1 Å². The zero-order chi connectivity index (χ0) is 19.9. The summed E-state index contributed by atoms with van der Waals surface area (Å²) in [6.45, 7) is 1.96. The number of para-hydroxylation sites is 3. The minimum absolute atomic E-state index is 0.0666. The molecule has 0 saturated heterocycles. The highest BCUT2D eigenvalue weighted by Gasteiger charge is 2.11. The fourth-order valence-electron chi connectivity index (χ4n) is 2.61. The van der Waals surface area contributed by atoms with Gasteiger partial charge >= 0.3 is 0 Å². The molecule has 0 bridgehead atoms. The van der Waals surface area contributed by atoms with E-state index < -0.39 is 0 Å². The highest BCUT2D eigenvalue weighted by molar-refractivity contribution is 6.31. The molecule has 3 rings (SSSR count). The molecule has 28 heavy (non-hydrogen) atoms. The summed E-state index contributed by atoms with van der Waals surface area (Å²) >= 11 is 6.12. The summed E-state index contributed by atoms with van der Waals surface area (Å²) in [6, 6.07) is 20.3. The van der Waals surface area contributed by atoms with Crippen LogP contribution in [-0.2, 0) is 4.79 Å². The van der Waals surface area contributed by atoms with E-state index in [1.54, 1.807) is 19.2 Å². The maximum atomic E-state index is 12.4. The second kappa shape index (κ2) is 9.15. The van der Waals surface area contributed by atoms with Crippen molar-refractivity contribution >= 4 is 28.9 Å². The van der Waals surface area contributed by atoms with Crippen LogP contribution in [0.15, 0.2) is 66.7 Å². The quantitative estimate of drug-likeness (QED) is 0.553. The van der Waals surface area contributed by atoms with E-state index in [9.17, 15) is 4.79 Å². The van der Waals surface area contributed by atoms with Crippen molar-refractivity contribution < 1.29 is 14.3 Å². The Morgan fingerprint density at radius 1 is 0.964 bits per heavy atom. The molecule has 5 nitrogen and oxygen atoms in total. The van der Waals surface area contributed by atoms with Crippen LogP contribution in [0.2, 0.25) is 5.02 Å². The summed E-state index contributed by atoms with van der Waals surface area (Å²) in [7, 11) is 1.56. The Morgan fingerprint density at radius 3 is 2.43 bits per heavy atom. The van der Waals surface area contributed by atoms with E-state index in [1.807, 2.05) is 61.5 Å². The fraction of sp³-hybridized carbons (Fsp3) is 0.136. The maximum Gasteiger partial charge on any atom is 0.243 e. The van der Waals surface area contributed by atoms with E-state index in [0.717, 1.165) is 5.56 Å². The van der Waals surface area contributed by atoms with Crippen molar-refractivity contribution in [3.8, 4) is 17.2 Å². The first-order valence-electron chi connectivity index (χ1n) is 8.76. The van der Waals surface area contributed by atoms with Crippen LogP contribution in [0.1, 0.15) is 5.56 Å². The predicted octanol–water partition coefficient (Wildman–Crippen LogP) is 5.50.